The minimum Gasteiger partial charge on any atom is -0.504 e. The molecule has 0 atom stereocenters. The summed E-state index contributed by atoms with van der Waals surface area (Å²) in [6, 6.07) is 3.93. The number of hydrogen-bond donors (Lipinski definition) is 1. The first-order valence-electron chi connectivity index (χ1n) is 10.2. The highest BCUT2D eigenvalue weighted by Crippen LogP contribution is 2.38. The Morgan fingerprint density at radius 3 is 2.29 bits per heavy atom. The Kier molecular flexibility index (Phi) is 9.03. The van der Waals surface area contributed by atoms with Gasteiger partial charge in [0.2, 0.25) is 0 Å². The van der Waals surface area contributed by atoms with Gasteiger partial charge in [0.15, 0.2) is 19.8 Å². The quantitative estimate of drug-likeness (QED) is 0.350. The van der Waals surface area contributed by atoms with Gasteiger partial charge < -0.3 is 14.3 Å². The van der Waals surface area contributed by atoms with Crippen LogP contribution in [0.1, 0.15) is 65.5 Å². The number of rotatable bonds is 9. The zero-order chi connectivity index (χ0) is 21.5. The number of ether oxygens (including phenoxy) is 1. The molecule has 0 bridgehead atoms. The van der Waals surface area contributed by atoms with Crippen LogP contribution < -0.4 is 4.74 Å². The maximum atomic E-state index is 10.5. The summed E-state index contributed by atoms with van der Waals surface area (Å²) < 4.78 is 11.8. The molecule has 0 radical (unpaired) electrons. The lowest BCUT2D eigenvalue weighted by molar-refractivity contribution is 0.275. The first-order valence-corrected chi connectivity index (χ1v) is 13.1. The average Bonchev–Trinajstić information content (AvgIpc) is 2.58. The number of phenolic OH excluding ortho intramolecular Hbond substituents is 1. The van der Waals surface area contributed by atoms with Crippen LogP contribution in [-0.2, 0) is 17.5 Å². The predicted molar refractivity (Wildman–Crippen MR) is 123 cm³/mol. The van der Waals surface area contributed by atoms with Crippen LogP contribution in [0.15, 0.2) is 35.4 Å². The molecule has 1 N–H and O–H groups in total. The van der Waals surface area contributed by atoms with Crippen molar-refractivity contribution < 1.29 is 14.3 Å². The highest BCUT2D eigenvalue weighted by Gasteiger charge is 2.37. The van der Waals surface area contributed by atoms with Crippen LogP contribution in [-0.4, -0.2) is 20.5 Å². The number of aromatic hydroxyl groups is 1. The van der Waals surface area contributed by atoms with E-state index in [2.05, 4.69) is 66.8 Å². The van der Waals surface area contributed by atoms with Gasteiger partial charge in [-0.25, -0.2) is 0 Å². The summed E-state index contributed by atoms with van der Waals surface area (Å²) in [5.41, 5.74) is 4.61. The van der Waals surface area contributed by atoms with E-state index in [0.717, 1.165) is 24.0 Å². The molecule has 0 aliphatic rings. The summed E-state index contributed by atoms with van der Waals surface area (Å²) in [5, 5.41) is 10.7. The van der Waals surface area contributed by atoms with Crippen molar-refractivity contribution in [2.24, 2.45) is 0 Å². The van der Waals surface area contributed by atoms with Crippen molar-refractivity contribution >= 4 is 8.32 Å². The molecular weight excluding hydrogens is 364 g/mol. The minimum absolute atomic E-state index is 0.169. The Morgan fingerprint density at radius 1 is 1.11 bits per heavy atom. The van der Waals surface area contributed by atoms with Crippen molar-refractivity contribution in [2.45, 2.75) is 85.5 Å². The Bertz CT molecular complexity index is 705. The number of allylic oxidation sites excluding steroid dienone is 4. The summed E-state index contributed by atoms with van der Waals surface area (Å²) in [4.78, 5) is 0. The number of methoxy groups -OCH3 is 1. The molecule has 1 aromatic rings. The van der Waals surface area contributed by atoms with Crippen molar-refractivity contribution in [3.63, 3.8) is 0 Å². The van der Waals surface area contributed by atoms with Gasteiger partial charge in [0.1, 0.15) is 0 Å². The molecule has 0 amide bonds. The smallest absolute Gasteiger partial charge is 0.192 e. The van der Waals surface area contributed by atoms with E-state index < -0.39 is 8.32 Å². The van der Waals surface area contributed by atoms with Gasteiger partial charge >= 0.3 is 0 Å². The van der Waals surface area contributed by atoms with Crippen LogP contribution >= 0.6 is 0 Å². The lowest BCUT2D eigenvalue weighted by Gasteiger charge is -2.36. The fourth-order valence-electron chi connectivity index (χ4n) is 2.58. The molecule has 0 fully saturated rings. The van der Waals surface area contributed by atoms with E-state index in [1.165, 1.54) is 11.1 Å². The van der Waals surface area contributed by atoms with E-state index in [0.29, 0.717) is 18.8 Å². The van der Waals surface area contributed by atoms with Crippen LogP contribution in [0.2, 0.25) is 18.1 Å². The molecule has 0 unspecified atom stereocenters. The first-order chi connectivity index (χ1) is 12.9. The molecule has 0 saturated heterocycles. The second-order valence-electron chi connectivity index (χ2n) is 9.43. The van der Waals surface area contributed by atoms with Crippen LogP contribution in [0.5, 0.6) is 11.5 Å². The van der Waals surface area contributed by atoms with Gasteiger partial charge in [0.25, 0.3) is 0 Å². The van der Waals surface area contributed by atoms with Gasteiger partial charge in [-0.1, -0.05) is 44.1 Å². The number of hydrogen-bond acceptors (Lipinski definition) is 3. The molecule has 0 heterocycles. The fourth-order valence-corrected chi connectivity index (χ4v) is 3.54. The van der Waals surface area contributed by atoms with E-state index in [4.69, 9.17) is 9.16 Å². The van der Waals surface area contributed by atoms with Gasteiger partial charge in [-0.15, -0.1) is 0 Å². The molecule has 158 valence electrons. The molecule has 3 nitrogen and oxygen atoms in total. The predicted octanol–water partition coefficient (Wildman–Crippen LogP) is 7.16. The Labute approximate surface area is 173 Å². The Morgan fingerprint density at radius 2 is 1.75 bits per heavy atom. The Balaban J connectivity index is 2.95. The van der Waals surface area contributed by atoms with Crippen molar-refractivity contribution in [2.75, 3.05) is 7.11 Å². The van der Waals surface area contributed by atoms with Crippen molar-refractivity contribution in [3.05, 3.63) is 46.6 Å². The largest absolute Gasteiger partial charge is 0.504 e. The second-order valence-corrected chi connectivity index (χ2v) is 14.2. The molecule has 1 rings (SSSR count). The molecular formula is C24H40O3Si. The molecule has 1 aromatic carbocycles. The third-order valence-electron chi connectivity index (χ3n) is 5.60. The maximum Gasteiger partial charge on any atom is 0.192 e. The molecule has 4 heteroatoms. The normalized spacial score (nSPS) is 12.8. The molecule has 0 aliphatic heterocycles. The summed E-state index contributed by atoms with van der Waals surface area (Å²) in [5.74, 6) is 0.744. The lowest BCUT2D eigenvalue weighted by Crippen LogP contribution is -2.40. The summed E-state index contributed by atoms with van der Waals surface area (Å²) >= 11 is 0. The maximum absolute atomic E-state index is 10.5. The van der Waals surface area contributed by atoms with Crippen molar-refractivity contribution in [3.8, 4) is 11.5 Å². The standard InChI is InChI=1S/C24H40O3Si/c1-18(2)11-10-12-19(3)13-14-21-15-20(16-22(26-7)23(21)25)17-27-28(8,9)24(4,5)6/h11,13,15-16,25H,10,12,14,17H2,1-9H3/b19-13+. The van der Waals surface area contributed by atoms with E-state index in [1.807, 2.05) is 12.1 Å². The van der Waals surface area contributed by atoms with Gasteiger partial charge in [0, 0.05) is 5.56 Å². The van der Waals surface area contributed by atoms with Crippen molar-refractivity contribution in [1.82, 2.24) is 0 Å². The van der Waals surface area contributed by atoms with Gasteiger partial charge in [-0.3, -0.25) is 0 Å². The van der Waals surface area contributed by atoms with Crippen LogP contribution in [0.4, 0.5) is 0 Å². The molecule has 0 aliphatic carbocycles. The van der Waals surface area contributed by atoms with E-state index in [1.54, 1.807) is 7.11 Å². The number of phenols is 1. The molecule has 0 saturated carbocycles. The zero-order valence-electron chi connectivity index (χ0n) is 19.4. The van der Waals surface area contributed by atoms with Crippen molar-refractivity contribution in [1.29, 1.82) is 0 Å². The molecule has 0 spiro atoms. The van der Waals surface area contributed by atoms with Crippen LogP contribution in [0, 0.1) is 0 Å². The third kappa shape index (κ3) is 7.48. The highest BCUT2D eigenvalue weighted by atomic mass is 28.4. The fraction of sp³-hybridized carbons (Fsp3) is 0.583. The first kappa shape index (κ1) is 24.5. The summed E-state index contributed by atoms with van der Waals surface area (Å²) in [6.07, 6.45) is 7.25. The second kappa shape index (κ2) is 10.3. The monoisotopic (exact) mass is 404 g/mol. The molecule has 28 heavy (non-hydrogen) atoms. The summed E-state index contributed by atoms with van der Waals surface area (Å²) in [7, 11) is -0.233. The average molecular weight is 405 g/mol. The topological polar surface area (TPSA) is 38.7 Å². The zero-order valence-corrected chi connectivity index (χ0v) is 20.4. The highest BCUT2D eigenvalue weighted by molar-refractivity contribution is 6.74. The van der Waals surface area contributed by atoms with Crippen LogP contribution in [0.3, 0.4) is 0 Å². The van der Waals surface area contributed by atoms with Gasteiger partial charge in [-0.05, 0) is 75.9 Å². The van der Waals surface area contributed by atoms with E-state index in [9.17, 15) is 5.11 Å². The lowest BCUT2D eigenvalue weighted by atomic mass is 10.0. The van der Waals surface area contributed by atoms with E-state index >= 15 is 0 Å². The Hall–Kier alpha value is -1.52. The minimum atomic E-state index is -1.83. The SMILES string of the molecule is COc1cc(CO[Si](C)(C)C(C)(C)C)cc(C/C=C(\C)CCC=C(C)C)c1O. The van der Waals surface area contributed by atoms with E-state index in [-0.39, 0.29) is 10.8 Å². The van der Waals surface area contributed by atoms with Gasteiger partial charge in [0.05, 0.1) is 13.7 Å². The van der Waals surface area contributed by atoms with Crippen LogP contribution in [0.25, 0.3) is 0 Å². The van der Waals surface area contributed by atoms with Gasteiger partial charge in [-0.2, -0.15) is 0 Å². The summed E-state index contributed by atoms with van der Waals surface area (Å²) in [6.45, 7) is 18.2. The third-order valence-corrected chi connectivity index (χ3v) is 10.1. The molecule has 0 aromatic heterocycles. The number of benzene rings is 1.